The summed E-state index contributed by atoms with van der Waals surface area (Å²) in [5, 5.41) is 15.5. The lowest BCUT2D eigenvalue weighted by molar-refractivity contribution is 0.0601. The molecule has 5 rings (SSSR count). The van der Waals surface area contributed by atoms with Crippen LogP contribution in [0.2, 0.25) is 0 Å². The number of nitriles is 1. The van der Waals surface area contributed by atoms with Crippen LogP contribution < -0.4 is 16.8 Å². The lowest BCUT2D eigenvalue weighted by Crippen LogP contribution is -2.14. The van der Waals surface area contributed by atoms with Gasteiger partial charge in [0.2, 0.25) is 0 Å². The number of esters is 1. The van der Waals surface area contributed by atoms with Crippen LogP contribution in [0.5, 0.6) is 0 Å². The van der Waals surface area contributed by atoms with Gasteiger partial charge in [0.25, 0.3) is 5.91 Å². The molecule has 11 heteroatoms. The summed E-state index contributed by atoms with van der Waals surface area (Å²) < 4.78 is 5.04. The van der Waals surface area contributed by atoms with Crippen LogP contribution in [0.25, 0.3) is 20.7 Å². The molecule has 1 amide bonds. The van der Waals surface area contributed by atoms with Crippen molar-refractivity contribution in [1.82, 2.24) is 4.98 Å². The normalized spacial score (nSPS) is 13.1. The molecule has 0 saturated heterocycles. The van der Waals surface area contributed by atoms with Gasteiger partial charge < -0.3 is 21.5 Å². The van der Waals surface area contributed by atoms with Gasteiger partial charge in [-0.2, -0.15) is 5.26 Å². The average Bonchev–Trinajstić information content (AvgIpc) is 3.52. The number of ether oxygens (including phenoxy) is 1. The number of methoxy groups -OCH3 is 1. The van der Waals surface area contributed by atoms with Gasteiger partial charge in [0.05, 0.1) is 18.4 Å². The molecule has 0 unspecified atom stereocenters. The van der Waals surface area contributed by atoms with E-state index < -0.39 is 11.9 Å². The number of thiophene rings is 3. The highest BCUT2D eigenvalue weighted by atomic mass is 32.1. The van der Waals surface area contributed by atoms with Gasteiger partial charge in [-0.25, -0.2) is 9.78 Å². The van der Waals surface area contributed by atoms with Gasteiger partial charge in [-0.3, -0.25) is 4.79 Å². The van der Waals surface area contributed by atoms with Crippen LogP contribution in [0.1, 0.15) is 55.3 Å². The maximum absolute atomic E-state index is 13.4. The lowest BCUT2D eigenvalue weighted by Gasteiger charge is -2.08. The number of nitrogens with zero attached hydrogens (tertiary/aromatic N) is 2. The van der Waals surface area contributed by atoms with Crippen molar-refractivity contribution < 1.29 is 14.3 Å². The molecule has 0 saturated carbocycles. The van der Waals surface area contributed by atoms with Gasteiger partial charge in [-0.1, -0.05) is 12.5 Å². The van der Waals surface area contributed by atoms with Crippen LogP contribution in [-0.4, -0.2) is 24.0 Å². The number of hydrogen-bond donors (Lipinski definition) is 3. The molecule has 0 bridgehead atoms. The Morgan fingerprint density at radius 1 is 1.20 bits per heavy atom. The summed E-state index contributed by atoms with van der Waals surface area (Å²) in [5.41, 5.74) is 15.0. The first-order valence-electron chi connectivity index (χ1n) is 10.9. The van der Waals surface area contributed by atoms with Crippen molar-refractivity contribution in [2.45, 2.75) is 32.1 Å². The van der Waals surface area contributed by atoms with Gasteiger partial charge in [-0.15, -0.1) is 34.0 Å². The number of anilines is 3. The molecule has 5 N–H and O–H groups in total. The lowest BCUT2D eigenvalue weighted by atomic mass is 10.0. The summed E-state index contributed by atoms with van der Waals surface area (Å²) in [7, 11) is 1.34. The van der Waals surface area contributed by atoms with E-state index in [0.717, 1.165) is 58.8 Å². The topological polar surface area (TPSA) is 144 Å². The molecule has 0 spiro atoms. The SMILES string of the molecule is COC(=O)c1c(NC(=O)c2sc3nc(N)c(C#N)c(-c4cccs4)c3c2N)sc2c1CCCCC2. The molecule has 4 aromatic rings. The standard InChI is InChI=1S/C24H21N5O3S3/c1-32-24(31)16-11-6-3-2-4-7-13(11)34-22(16)29-21(30)19-18(26)17-15(14-8-5-9-33-14)12(10-25)20(27)28-23(17)35-19/h5,8-9H,2-4,6-7,26H2,1H3,(H2,27,28)(H,29,30). The molecule has 8 nitrogen and oxygen atoms in total. The zero-order valence-electron chi connectivity index (χ0n) is 18.8. The first-order chi connectivity index (χ1) is 16.9. The Bertz CT molecular complexity index is 1510. The Balaban J connectivity index is 1.61. The van der Waals surface area contributed by atoms with Gasteiger partial charge >= 0.3 is 5.97 Å². The second kappa shape index (κ2) is 9.30. The molecule has 0 atom stereocenters. The second-order valence-electron chi connectivity index (χ2n) is 8.08. The second-order valence-corrected chi connectivity index (χ2v) is 11.1. The first-order valence-corrected chi connectivity index (χ1v) is 13.5. The number of hydrogen-bond acceptors (Lipinski definition) is 10. The molecule has 1 aliphatic rings. The molecular formula is C24H21N5O3S3. The van der Waals surface area contributed by atoms with E-state index in [2.05, 4.69) is 16.4 Å². The maximum Gasteiger partial charge on any atom is 0.341 e. The van der Waals surface area contributed by atoms with E-state index in [4.69, 9.17) is 16.2 Å². The Morgan fingerprint density at radius 3 is 2.71 bits per heavy atom. The number of pyridine rings is 1. The summed E-state index contributed by atoms with van der Waals surface area (Å²) in [6.07, 6.45) is 4.79. The summed E-state index contributed by atoms with van der Waals surface area (Å²) in [6, 6.07) is 5.87. The molecule has 0 radical (unpaired) electrons. The number of fused-ring (bicyclic) bond motifs is 2. The number of aromatic nitrogens is 1. The van der Waals surface area contributed by atoms with E-state index in [1.165, 1.54) is 29.8 Å². The highest BCUT2D eigenvalue weighted by molar-refractivity contribution is 7.22. The Kier molecular flexibility index (Phi) is 6.19. The Labute approximate surface area is 213 Å². The van der Waals surface area contributed by atoms with E-state index in [1.807, 2.05) is 17.5 Å². The fourth-order valence-electron chi connectivity index (χ4n) is 4.43. The number of rotatable bonds is 4. The van der Waals surface area contributed by atoms with Gasteiger partial charge in [0.1, 0.15) is 32.2 Å². The minimum atomic E-state index is -0.461. The van der Waals surface area contributed by atoms with E-state index in [1.54, 1.807) is 0 Å². The van der Waals surface area contributed by atoms with Crippen molar-refractivity contribution in [2.75, 3.05) is 23.9 Å². The van der Waals surface area contributed by atoms with E-state index in [9.17, 15) is 14.9 Å². The zero-order chi connectivity index (χ0) is 24.7. The summed E-state index contributed by atoms with van der Waals surface area (Å²) in [4.78, 5) is 33.1. The molecule has 35 heavy (non-hydrogen) atoms. The third-order valence-electron chi connectivity index (χ3n) is 6.03. The Hall–Kier alpha value is -3.46. The van der Waals surface area contributed by atoms with Gasteiger partial charge in [0, 0.05) is 20.7 Å². The van der Waals surface area contributed by atoms with Crippen LogP contribution in [0, 0.1) is 11.3 Å². The molecular weight excluding hydrogens is 502 g/mol. The zero-order valence-corrected chi connectivity index (χ0v) is 21.2. The number of nitrogens with two attached hydrogens (primary N) is 2. The Morgan fingerprint density at radius 2 is 2.00 bits per heavy atom. The quantitative estimate of drug-likeness (QED) is 0.239. The maximum atomic E-state index is 13.4. The van der Waals surface area contributed by atoms with Crippen molar-refractivity contribution in [2.24, 2.45) is 0 Å². The molecule has 0 aliphatic heterocycles. The average molecular weight is 524 g/mol. The first kappa shape index (κ1) is 23.3. The number of carbonyl (C=O) groups excluding carboxylic acids is 2. The minimum Gasteiger partial charge on any atom is -0.465 e. The fourth-order valence-corrected chi connectivity index (χ4v) is 7.49. The number of nitrogen functional groups attached to an aromatic ring is 2. The predicted molar refractivity (Wildman–Crippen MR) is 141 cm³/mol. The van der Waals surface area contributed by atoms with Crippen molar-refractivity contribution in [1.29, 1.82) is 5.26 Å². The summed E-state index contributed by atoms with van der Waals surface area (Å²) in [6.45, 7) is 0. The number of carbonyl (C=O) groups is 2. The molecule has 4 aromatic heterocycles. The van der Waals surface area contributed by atoms with Crippen molar-refractivity contribution in [3.8, 4) is 16.5 Å². The minimum absolute atomic E-state index is 0.0894. The number of nitrogens with one attached hydrogen (secondary N) is 1. The van der Waals surface area contributed by atoms with Crippen LogP contribution >= 0.6 is 34.0 Å². The highest BCUT2D eigenvalue weighted by Crippen LogP contribution is 2.44. The van der Waals surface area contributed by atoms with Crippen molar-refractivity contribution in [3.05, 3.63) is 44.0 Å². The van der Waals surface area contributed by atoms with Crippen molar-refractivity contribution in [3.63, 3.8) is 0 Å². The molecule has 0 fully saturated rings. The molecule has 4 heterocycles. The summed E-state index contributed by atoms with van der Waals surface area (Å²) in [5.74, 6) is -0.815. The van der Waals surface area contributed by atoms with Crippen LogP contribution in [0.3, 0.4) is 0 Å². The monoisotopic (exact) mass is 523 g/mol. The third kappa shape index (κ3) is 3.93. The number of amides is 1. The van der Waals surface area contributed by atoms with Crippen molar-refractivity contribution >= 4 is 72.6 Å². The fraction of sp³-hybridized carbons (Fsp3) is 0.250. The predicted octanol–water partition coefficient (Wildman–Crippen LogP) is 5.43. The summed E-state index contributed by atoms with van der Waals surface area (Å²) >= 11 is 3.98. The van der Waals surface area contributed by atoms with Crippen LogP contribution in [0.4, 0.5) is 16.5 Å². The van der Waals surface area contributed by atoms with Crippen LogP contribution in [0.15, 0.2) is 17.5 Å². The molecule has 178 valence electrons. The van der Waals surface area contributed by atoms with Gasteiger partial charge in [-0.05, 0) is 42.7 Å². The molecule has 0 aromatic carbocycles. The van der Waals surface area contributed by atoms with E-state index in [-0.39, 0.29) is 21.9 Å². The van der Waals surface area contributed by atoms with E-state index in [0.29, 0.717) is 26.3 Å². The van der Waals surface area contributed by atoms with Gasteiger partial charge in [0.15, 0.2) is 0 Å². The van der Waals surface area contributed by atoms with Crippen LogP contribution in [-0.2, 0) is 17.6 Å². The number of aryl methyl sites for hydroxylation is 1. The molecule has 1 aliphatic carbocycles. The highest BCUT2D eigenvalue weighted by Gasteiger charge is 2.29. The smallest absolute Gasteiger partial charge is 0.341 e. The third-order valence-corrected chi connectivity index (χ3v) is 9.22. The van der Waals surface area contributed by atoms with E-state index >= 15 is 0 Å². The largest absolute Gasteiger partial charge is 0.465 e.